The first-order valence-corrected chi connectivity index (χ1v) is 17.8. The average Bonchev–Trinajstić information content (AvgIpc) is 2.95. The molecule has 1 saturated carbocycles. The first-order chi connectivity index (χ1) is 18.4. The minimum atomic E-state index is -0.665. The van der Waals surface area contributed by atoms with Gasteiger partial charge in [0.25, 0.3) is 0 Å². The van der Waals surface area contributed by atoms with E-state index in [1.807, 2.05) is 36.4 Å². The zero-order chi connectivity index (χ0) is 27.9. The van der Waals surface area contributed by atoms with Gasteiger partial charge in [-0.15, -0.1) is 0 Å². The molecule has 3 aromatic rings. The van der Waals surface area contributed by atoms with Crippen LogP contribution in [0, 0.1) is 43.4 Å². The normalized spacial score (nSPS) is 13.8. The SMILES string of the molecule is COc1ccc(P(c2ccc(OC)cc2)c2ccc(OC)cc2)cc1.C[C]1[CH][CH][C](C(C)C)[CH][CH]1.[Cl][Ru][Cl]. The van der Waals surface area contributed by atoms with E-state index in [2.05, 4.69) is 82.9 Å². The summed E-state index contributed by atoms with van der Waals surface area (Å²) in [4.78, 5) is 0. The second kappa shape index (κ2) is 18.1. The summed E-state index contributed by atoms with van der Waals surface area (Å²) in [5.41, 5.74) is 0. The van der Waals surface area contributed by atoms with Crippen molar-refractivity contribution < 1.29 is 29.4 Å². The molecule has 6 radical (unpaired) electrons. The second-order valence-electron chi connectivity index (χ2n) is 8.55. The predicted octanol–water partition coefficient (Wildman–Crippen LogP) is 7.49. The topological polar surface area (TPSA) is 27.7 Å². The summed E-state index contributed by atoms with van der Waals surface area (Å²) in [6.07, 6.45) is 8.71. The fourth-order valence-electron chi connectivity index (χ4n) is 3.59. The van der Waals surface area contributed by atoms with Gasteiger partial charge in [0.1, 0.15) is 17.2 Å². The van der Waals surface area contributed by atoms with Gasteiger partial charge in [0.15, 0.2) is 0 Å². The van der Waals surface area contributed by atoms with Gasteiger partial charge in [-0.1, -0.05) is 57.2 Å². The van der Waals surface area contributed by atoms with Gasteiger partial charge in [-0.3, -0.25) is 0 Å². The molecule has 1 fully saturated rings. The van der Waals surface area contributed by atoms with E-state index >= 15 is 0 Å². The summed E-state index contributed by atoms with van der Waals surface area (Å²) >= 11 is -0.346. The van der Waals surface area contributed by atoms with Crippen molar-refractivity contribution in [1.82, 2.24) is 0 Å². The summed E-state index contributed by atoms with van der Waals surface area (Å²) in [7, 11) is 14.1. The molecule has 0 aromatic heterocycles. The Morgan fingerprint density at radius 3 is 1.11 bits per heavy atom. The molecular weight excluding hydrogens is 623 g/mol. The van der Waals surface area contributed by atoms with Crippen molar-refractivity contribution in [3.63, 3.8) is 0 Å². The number of ether oxygens (including phenoxy) is 3. The first kappa shape index (κ1) is 32.9. The van der Waals surface area contributed by atoms with Gasteiger partial charge < -0.3 is 14.2 Å². The van der Waals surface area contributed by atoms with Gasteiger partial charge in [-0.25, -0.2) is 0 Å². The van der Waals surface area contributed by atoms with Crippen molar-refractivity contribution in [2.24, 2.45) is 5.92 Å². The molecule has 0 aliphatic heterocycles. The van der Waals surface area contributed by atoms with Crippen molar-refractivity contribution >= 4 is 43.2 Å². The fraction of sp³-hybridized carbons (Fsp3) is 0.226. The van der Waals surface area contributed by atoms with Gasteiger partial charge in [0, 0.05) is 0 Å². The van der Waals surface area contributed by atoms with Crippen LogP contribution < -0.4 is 30.1 Å². The van der Waals surface area contributed by atoms with Crippen LogP contribution in [-0.4, -0.2) is 21.3 Å². The molecule has 1 aliphatic carbocycles. The molecule has 3 aromatic carbocycles. The number of rotatable bonds is 7. The molecule has 0 spiro atoms. The fourth-order valence-corrected chi connectivity index (χ4v) is 5.83. The summed E-state index contributed by atoms with van der Waals surface area (Å²) in [5, 5.41) is 3.81. The van der Waals surface area contributed by atoms with E-state index in [-0.39, 0.29) is 15.1 Å². The quantitative estimate of drug-likeness (QED) is 0.195. The average molecular weight is 659 g/mol. The Labute approximate surface area is 247 Å². The van der Waals surface area contributed by atoms with E-state index in [1.165, 1.54) is 27.7 Å². The van der Waals surface area contributed by atoms with E-state index in [0.717, 1.165) is 17.2 Å². The third kappa shape index (κ3) is 10.7. The van der Waals surface area contributed by atoms with Crippen LogP contribution in [-0.2, 0) is 15.1 Å². The van der Waals surface area contributed by atoms with Crippen LogP contribution in [0.1, 0.15) is 20.8 Å². The summed E-state index contributed by atoms with van der Waals surface area (Å²) in [6, 6.07) is 24.9. The molecule has 0 unspecified atom stereocenters. The maximum absolute atomic E-state index is 5.30. The maximum atomic E-state index is 5.30. The zero-order valence-corrected chi connectivity index (χ0v) is 26.7. The van der Waals surface area contributed by atoms with Crippen LogP contribution in [0.3, 0.4) is 0 Å². The molecule has 0 saturated heterocycles. The van der Waals surface area contributed by atoms with Crippen LogP contribution in [0.5, 0.6) is 17.2 Å². The third-order valence-electron chi connectivity index (χ3n) is 5.74. The molecule has 7 heteroatoms. The van der Waals surface area contributed by atoms with Crippen molar-refractivity contribution in [3.05, 3.63) is 110 Å². The van der Waals surface area contributed by atoms with E-state index in [1.54, 1.807) is 21.3 Å². The molecule has 4 rings (SSSR count). The molecule has 38 heavy (non-hydrogen) atoms. The molecule has 204 valence electrons. The van der Waals surface area contributed by atoms with Gasteiger partial charge in [-0.05, 0) is 104 Å². The molecule has 0 heterocycles. The first-order valence-electron chi connectivity index (χ1n) is 12.0. The van der Waals surface area contributed by atoms with Crippen LogP contribution in [0.25, 0.3) is 0 Å². The van der Waals surface area contributed by atoms with E-state index in [4.69, 9.17) is 33.6 Å². The van der Waals surface area contributed by atoms with Crippen LogP contribution >= 0.6 is 27.3 Å². The number of halogens is 2. The second-order valence-corrected chi connectivity index (χ2v) is 13.4. The monoisotopic (exact) mass is 658 g/mol. The van der Waals surface area contributed by atoms with E-state index in [0.29, 0.717) is 5.92 Å². The molecule has 1 aliphatic rings. The Morgan fingerprint density at radius 1 is 0.579 bits per heavy atom. The van der Waals surface area contributed by atoms with Crippen molar-refractivity contribution in [2.45, 2.75) is 20.8 Å². The summed E-state index contributed by atoms with van der Waals surface area (Å²) < 4.78 is 15.9. The minimum absolute atomic E-state index is 0.346. The molecule has 0 bridgehead atoms. The Kier molecular flexibility index (Phi) is 15.7. The van der Waals surface area contributed by atoms with Crippen molar-refractivity contribution in [2.75, 3.05) is 21.3 Å². The summed E-state index contributed by atoms with van der Waals surface area (Å²) in [5.74, 6) is 6.00. The molecule has 0 atom stereocenters. The molecule has 0 N–H and O–H groups in total. The number of methoxy groups -OCH3 is 3. The Hall–Kier alpha value is -1.31. The zero-order valence-electron chi connectivity index (χ0n) is 22.6. The Morgan fingerprint density at radius 2 is 0.868 bits per heavy atom. The number of benzene rings is 3. The van der Waals surface area contributed by atoms with Gasteiger partial charge in [0.05, 0.1) is 21.3 Å². The summed E-state index contributed by atoms with van der Waals surface area (Å²) in [6.45, 7) is 6.54. The van der Waals surface area contributed by atoms with E-state index in [9.17, 15) is 0 Å². The van der Waals surface area contributed by atoms with Crippen LogP contribution in [0.2, 0.25) is 0 Å². The van der Waals surface area contributed by atoms with Gasteiger partial charge in [-0.2, -0.15) is 0 Å². The van der Waals surface area contributed by atoms with Crippen molar-refractivity contribution in [3.8, 4) is 17.2 Å². The van der Waals surface area contributed by atoms with Crippen molar-refractivity contribution in [1.29, 1.82) is 0 Å². The van der Waals surface area contributed by atoms with Crippen LogP contribution in [0.15, 0.2) is 72.8 Å². The number of hydrogen-bond acceptors (Lipinski definition) is 3. The Balaban J connectivity index is 0.000000324. The predicted molar refractivity (Wildman–Crippen MR) is 161 cm³/mol. The standard InChI is InChI=1S/C21H21O3P.C10H14.2ClH.Ru/c1-22-16-4-10-19(11-5-16)25(20-12-6-17(23-2)7-13-20)21-14-8-18(24-3)9-15-21;1-8(2)10-6-4-9(3)5-7-10;;;/h4-15H,1-3H3;4-8H,1-3H3;2*1H;/q;;;;+2/p-2. The van der Waals surface area contributed by atoms with Gasteiger partial charge >= 0.3 is 34.5 Å². The molecular formula is C31H35Cl2O3PRu. The number of hydrogen-bond donors (Lipinski definition) is 0. The van der Waals surface area contributed by atoms with E-state index < -0.39 is 7.92 Å². The third-order valence-corrected chi connectivity index (χ3v) is 8.18. The molecule has 3 nitrogen and oxygen atoms in total. The molecule has 0 amide bonds. The van der Waals surface area contributed by atoms with Crippen LogP contribution in [0.4, 0.5) is 0 Å². The van der Waals surface area contributed by atoms with Gasteiger partial charge in [0.2, 0.25) is 0 Å². The Bertz CT molecular complexity index is 910.